The Morgan fingerprint density at radius 3 is 1.58 bits per heavy atom. The Hall–Kier alpha value is -3.88. The summed E-state index contributed by atoms with van der Waals surface area (Å²) in [5, 5.41) is 0. The average molecular weight is 497 g/mol. The second-order valence-corrected chi connectivity index (χ2v) is 9.09. The highest BCUT2D eigenvalue weighted by Gasteiger charge is 2.44. The first-order valence-electron chi connectivity index (χ1n) is 11.6. The van der Waals surface area contributed by atoms with Crippen molar-refractivity contribution in [2.24, 2.45) is 11.8 Å². The Morgan fingerprint density at radius 1 is 0.694 bits per heavy atom. The number of hydrogen-bond donors (Lipinski definition) is 0. The van der Waals surface area contributed by atoms with Gasteiger partial charge < -0.3 is 23.7 Å². The van der Waals surface area contributed by atoms with Crippen molar-refractivity contribution in [3.05, 3.63) is 46.5 Å². The van der Waals surface area contributed by atoms with Crippen molar-refractivity contribution >= 4 is 23.9 Å². The fourth-order valence-corrected chi connectivity index (χ4v) is 5.32. The fourth-order valence-electron chi connectivity index (χ4n) is 5.32. The second-order valence-electron chi connectivity index (χ2n) is 9.09. The zero-order valence-corrected chi connectivity index (χ0v) is 20.8. The summed E-state index contributed by atoms with van der Waals surface area (Å²) in [6, 6.07) is 7.11. The Balaban J connectivity index is 1.91. The molecule has 0 N–H and O–H groups in total. The minimum Gasteiger partial charge on any atom is -0.493 e. The van der Waals surface area contributed by atoms with Crippen LogP contribution in [0.3, 0.4) is 0 Å². The predicted octanol–water partition coefficient (Wildman–Crippen LogP) is 3.51. The number of methoxy groups -OCH3 is 1. The maximum absolute atomic E-state index is 11.8. The lowest BCUT2D eigenvalue weighted by Gasteiger charge is -2.44. The van der Waals surface area contributed by atoms with Crippen LogP contribution in [0.4, 0.5) is 0 Å². The van der Waals surface area contributed by atoms with Crippen LogP contribution in [0.5, 0.6) is 23.0 Å². The van der Waals surface area contributed by atoms with Crippen molar-refractivity contribution in [3.8, 4) is 23.0 Å². The van der Waals surface area contributed by atoms with Gasteiger partial charge in [0.25, 0.3) is 0 Å². The maximum Gasteiger partial charge on any atom is 0.308 e. The van der Waals surface area contributed by atoms with Crippen LogP contribution < -0.4 is 18.9 Å². The molecule has 2 aromatic rings. The van der Waals surface area contributed by atoms with E-state index < -0.39 is 17.9 Å². The molecular weight excluding hydrogens is 468 g/mol. The van der Waals surface area contributed by atoms with Gasteiger partial charge in [-0.3, -0.25) is 19.2 Å². The highest BCUT2D eigenvalue weighted by molar-refractivity contribution is 5.75. The standard InChI is InChI=1S/C27H28O9/c1-13(28)33-12-22-17-6-18-8-23(32-5)25(35-15(3)30)10-20(18)27(22)21-11-26(36-16(4)31)24(34-14(2)29)9-19(21)7-17/h8-11,17,22,27H,6-7,12H2,1-5H3/t17-,22+,27+/m1/s1. The average Bonchev–Trinajstić information content (AvgIpc) is 2.77. The summed E-state index contributed by atoms with van der Waals surface area (Å²) in [4.78, 5) is 46.9. The maximum atomic E-state index is 11.8. The van der Waals surface area contributed by atoms with Gasteiger partial charge in [0.1, 0.15) is 0 Å². The largest absolute Gasteiger partial charge is 0.493 e. The third-order valence-corrected chi connectivity index (χ3v) is 6.54. The molecule has 2 aromatic carbocycles. The van der Waals surface area contributed by atoms with E-state index in [1.54, 1.807) is 18.2 Å². The number of fused-ring (bicyclic) bond motifs is 6. The van der Waals surface area contributed by atoms with E-state index in [-0.39, 0.29) is 47.6 Å². The molecule has 2 bridgehead atoms. The number of esters is 4. The summed E-state index contributed by atoms with van der Waals surface area (Å²) in [6.45, 7) is 5.43. The van der Waals surface area contributed by atoms with E-state index in [1.165, 1.54) is 34.8 Å². The molecule has 0 saturated carbocycles. The van der Waals surface area contributed by atoms with Crippen LogP contribution in [0, 0.1) is 11.8 Å². The molecule has 9 nitrogen and oxygen atoms in total. The zero-order valence-electron chi connectivity index (χ0n) is 20.8. The molecule has 0 aliphatic heterocycles. The Kier molecular flexibility index (Phi) is 7.01. The summed E-state index contributed by atoms with van der Waals surface area (Å²) >= 11 is 0. The van der Waals surface area contributed by atoms with Crippen molar-refractivity contribution in [3.63, 3.8) is 0 Å². The molecule has 0 spiro atoms. The molecule has 9 heteroatoms. The van der Waals surface area contributed by atoms with Crippen LogP contribution in [-0.4, -0.2) is 37.6 Å². The molecule has 0 fully saturated rings. The van der Waals surface area contributed by atoms with Crippen molar-refractivity contribution < 1.29 is 42.9 Å². The Bertz CT molecular complexity index is 1250. The first-order chi connectivity index (χ1) is 17.1. The quantitative estimate of drug-likeness (QED) is 0.438. The number of hydrogen-bond acceptors (Lipinski definition) is 9. The van der Waals surface area contributed by atoms with Gasteiger partial charge in [-0.2, -0.15) is 0 Å². The monoisotopic (exact) mass is 496 g/mol. The molecule has 190 valence electrons. The summed E-state index contributed by atoms with van der Waals surface area (Å²) in [7, 11) is 1.51. The molecule has 4 rings (SSSR count). The lowest BCUT2D eigenvalue weighted by atomic mass is 9.60. The number of benzene rings is 2. The zero-order chi connectivity index (χ0) is 26.1. The van der Waals surface area contributed by atoms with Crippen LogP contribution in [0.15, 0.2) is 24.3 Å². The van der Waals surface area contributed by atoms with Crippen molar-refractivity contribution in [2.75, 3.05) is 13.7 Å². The van der Waals surface area contributed by atoms with E-state index in [0.29, 0.717) is 18.6 Å². The first kappa shape index (κ1) is 25.2. The predicted molar refractivity (Wildman–Crippen MR) is 126 cm³/mol. The van der Waals surface area contributed by atoms with Gasteiger partial charge in [-0.15, -0.1) is 0 Å². The van der Waals surface area contributed by atoms with E-state index in [1.807, 2.05) is 6.07 Å². The van der Waals surface area contributed by atoms with Gasteiger partial charge in [0.05, 0.1) is 13.7 Å². The van der Waals surface area contributed by atoms with E-state index in [9.17, 15) is 19.2 Å². The second kappa shape index (κ2) is 10.0. The van der Waals surface area contributed by atoms with Gasteiger partial charge in [-0.25, -0.2) is 0 Å². The van der Waals surface area contributed by atoms with E-state index >= 15 is 0 Å². The minimum atomic E-state index is -0.556. The molecule has 0 aromatic heterocycles. The van der Waals surface area contributed by atoms with Gasteiger partial charge in [-0.05, 0) is 65.3 Å². The van der Waals surface area contributed by atoms with Crippen LogP contribution in [0.2, 0.25) is 0 Å². The molecular formula is C27H28O9. The van der Waals surface area contributed by atoms with Crippen molar-refractivity contribution in [1.29, 1.82) is 0 Å². The molecule has 36 heavy (non-hydrogen) atoms. The van der Waals surface area contributed by atoms with Crippen molar-refractivity contribution in [2.45, 2.75) is 46.5 Å². The number of carbonyl (C=O) groups is 4. The van der Waals surface area contributed by atoms with Gasteiger partial charge in [0, 0.05) is 39.5 Å². The van der Waals surface area contributed by atoms with Gasteiger partial charge >= 0.3 is 23.9 Å². The minimum absolute atomic E-state index is 0.0720. The first-order valence-corrected chi connectivity index (χ1v) is 11.6. The van der Waals surface area contributed by atoms with Crippen LogP contribution in [0.1, 0.15) is 55.9 Å². The number of ether oxygens (including phenoxy) is 5. The van der Waals surface area contributed by atoms with E-state index in [0.717, 1.165) is 22.3 Å². The van der Waals surface area contributed by atoms with Gasteiger partial charge in [-0.1, -0.05) is 0 Å². The van der Waals surface area contributed by atoms with Gasteiger partial charge in [0.2, 0.25) is 0 Å². The summed E-state index contributed by atoms with van der Waals surface area (Å²) in [5.41, 5.74) is 3.72. The topological polar surface area (TPSA) is 114 Å². The Morgan fingerprint density at radius 2 is 1.14 bits per heavy atom. The third-order valence-electron chi connectivity index (χ3n) is 6.54. The lowest BCUT2D eigenvalue weighted by molar-refractivity contribution is -0.143. The normalized spacial score (nSPS) is 19.3. The molecule has 0 amide bonds. The molecule has 0 unspecified atom stereocenters. The van der Waals surface area contributed by atoms with Crippen LogP contribution >= 0.6 is 0 Å². The molecule has 0 saturated heterocycles. The highest BCUT2D eigenvalue weighted by atomic mass is 16.6. The van der Waals surface area contributed by atoms with E-state index in [4.69, 9.17) is 23.7 Å². The Labute approximate surface area is 208 Å². The molecule has 2 aliphatic rings. The fraction of sp³-hybridized carbons (Fsp3) is 0.407. The SMILES string of the molecule is COc1cc2c(cc1OC(C)=O)[C@H]1c3cc(OC(C)=O)c(OC(C)=O)cc3C[C@@H](C2)[C@@H]1COC(C)=O. The lowest BCUT2D eigenvalue weighted by Crippen LogP contribution is -2.39. The van der Waals surface area contributed by atoms with E-state index in [2.05, 4.69) is 0 Å². The van der Waals surface area contributed by atoms with Crippen LogP contribution in [-0.2, 0) is 36.8 Å². The summed E-state index contributed by atoms with van der Waals surface area (Å²) < 4.78 is 27.1. The molecule has 2 aliphatic carbocycles. The number of carbonyl (C=O) groups excluding carboxylic acids is 4. The van der Waals surface area contributed by atoms with Crippen molar-refractivity contribution in [1.82, 2.24) is 0 Å². The molecule has 0 heterocycles. The molecule has 0 radical (unpaired) electrons. The smallest absolute Gasteiger partial charge is 0.308 e. The highest BCUT2D eigenvalue weighted by Crippen LogP contribution is 2.53. The van der Waals surface area contributed by atoms with Crippen LogP contribution in [0.25, 0.3) is 0 Å². The molecule has 3 atom stereocenters. The van der Waals surface area contributed by atoms with Gasteiger partial charge in [0.15, 0.2) is 23.0 Å². The number of rotatable bonds is 6. The summed E-state index contributed by atoms with van der Waals surface area (Å²) in [5.74, 6) is -1.13. The third kappa shape index (κ3) is 5.05. The summed E-state index contributed by atoms with van der Waals surface area (Å²) in [6.07, 6.45) is 1.32.